The van der Waals surface area contributed by atoms with Crippen LogP contribution in [0.15, 0.2) is 46.0 Å². The summed E-state index contributed by atoms with van der Waals surface area (Å²) in [4.78, 5) is 14.5. The average Bonchev–Trinajstić information content (AvgIpc) is 2.40. The summed E-state index contributed by atoms with van der Waals surface area (Å²) in [6, 6.07) is 6.52. The number of aromatic carboxylic acids is 1. The van der Waals surface area contributed by atoms with Gasteiger partial charge in [-0.1, -0.05) is 0 Å². The van der Waals surface area contributed by atoms with Crippen LogP contribution in [-0.2, 0) is 10.0 Å². The van der Waals surface area contributed by atoms with Gasteiger partial charge in [0.25, 0.3) is 10.0 Å². The Balaban J connectivity index is 2.35. The Kier molecular flexibility index (Phi) is 4.14. The number of pyridine rings is 1. The van der Waals surface area contributed by atoms with E-state index in [1.54, 1.807) is 6.07 Å². The van der Waals surface area contributed by atoms with E-state index in [0.717, 1.165) is 12.1 Å². The van der Waals surface area contributed by atoms with Crippen LogP contribution in [0.2, 0.25) is 0 Å². The predicted octanol–water partition coefficient (Wildman–Crippen LogP) is 1.93. The Hall–Kier alpha value is -2.13. The molecule has 0 radical (unpaired) electrons. The Morgan fingerprint density at radius 2 is 2.00 bits per heavy atom. The molecule has 0 unspecified atom stereocenters. The van der Waals surface area contributed by atoms with E-state index in [1.807, 2.05) is 0 Å². The van der Waals surface area contributed by atoms with Crippen LogP contribution in [0.4, 0.5) is 11.4 Å². The van der Waals surface area contributed by atoms with Gasteiger partial charge in [0.15, 0.2) is 0 Å². The van der Waals surface area contributed by atoms with Crippen molar-refractivity contribution in [1.82, 2.24) is 4.98 Å². The molecule has 4 N–H and O–H groups in total. The normalized spacial score (nSPS) is 11.1. The molecule has 1 aromatic carbocycles. The molecule has 0 amide bonds. The summed E-state index contributed by atoms with van der Waals surface area (Å²) in [5.74, 6) is -1.18. The van der Waals surface area contributed by atoms with E-state index < -0.39 is 16.0 Å². The smallest absolute Gasteiger partial charge is 0.335 e. The first-order chi connectivity index (χ1) is 9.79. The molecule has 2 aromatic rings. The molecule has 0 aliphatic rings. The number of hydrogen-bond donors (Lipinski definition) is 3. The van der Waals surface area contributed by atoms with E-state index in [-0.39, 0.29) is 21.8 Å². The lowest BCUT2D eigenvalue weighted by atomic mass is 10.2. The molecular formula is C12H10BrN3O4S. The molecule has 0 aliphatic carbocycles. The number of halogens is 1. The Bertz CT molecular complexity index is 791. The van der Waals surface area contributed by atoms with Crippen LogP contribution in [0, 0.1) is 0 Å². The fourth-order valence-corrected chi connectivity index (χ4v) is 2.96. The number of nitrogens with one attached hydrogen (secondary N) is 1. The zero-order valence-electron chi connectivity index (χ0n) is 10.4. The first-order valence-electron chi connectivity index (χ1n) is 5.57. The maximum atomic E-state index is 12.2. The van der Waals surface area contributed by atoms with E-state index in [2.05, 4.69) is 25.6 Å². The number of benzene rings is 1. The molecule has 110 valence electrons. The molecule has 9 heteroatoms. The number of anilines is 2. The third-order valence-electron chi connectivity index (χ3n) is 2.53. The zero-order chi connectivity index (χ0) is 15.6. The summed E-state index contributed by atoms with van der Waals surface area (Å²) in [5.41, 5.74) is 5.65. The van der Waals surface area contributed by atoms with Gasteiger partial charge >= 0.3 is 5.97 Å². The molecule has 0 aliphatic heterocycles. The second-order valence-corrected chi connectivity index (χ2v) is 6.50. The van der Waals surface area contributed by atoms with Crippen molar-refractivity contribution >= 4 is 43.3 Å². The second kappa shape index (κ2) is 5.70. The van der Waals surface area contributed by atoms with Crippen LogP contribution in [-0.4, -0.2) is 24.5 Å². The van der Waals surface area contributed by atoms with Gasteiger partial charge in [-0.2, -0.15) is 0 Å². The highest BCUT2D eigenvalue weighted by Gasteiger charge is 2.19. The summed E-state index contributed by atoms with van der Waals surface area (Å²) in [6.45, 7) is 0. The standard InChI is InChI=1S/C12H10BrN3O4S/c13-11-4-2-8(6-15-11)16-21(19,20)10-3-1-7(12(17)18)5-9(10)14/h1-6,16H,14H2,(H,17,18). The molecule has 2 rings (SSSR count). The molecular weight excluding hydrogens is 362 g/mol. The van der Waals surface area contributed by atoms with E-state index in [0.29, 0.717) is 4.60 Å². The fourth-order valence-electron chi connectivity index (χ4n) is 1.57. The highest BCUT2D eigenvalue weighted by molar-refractivity contribution is 9.10. The fraction of sp³-hybridized carbons (Fsp3) is 0. The van der Waals surface area contributed by atoms with Crippen molar-refractivity contribution < 1.29 is 18.3 Å². The number of nitrogen functional groups attached to an aromatic ring is 1. The number of nitrogens with two attached hydrogens (primary N) is 1. The minimum absolute atomic E-state index is 0.0863. The van der Waals surface area contributed by atoms with Crippen molar-refractivity contribution in [2.75, 3.05) is 10.5 Å². The van der Waals surface area contributed by atoms with Gasteiger partial charge in [0.05, 0.1) is 23.1 Å². The summed E-state index contributed by atoms with van der Waals surface area (Å²) in [6.07, 6.45) is 1.34. The zero-order valence-corrected chi connectivity index (χ0v) is 12.8. The number of carbonyl (C=O) groups is 1. The quantitative estimate of drug-likeness (QED) is 0.557. The number of rotatable bonds is 4. The van der Waals surface area contributed by atoms with Gasteiger partial charge in [-0.15, -0.1) is 0 Å². The number of sulfonamides is 1. The summed E-state index contributed by atoms with van der Waals surface area (Å²) >= 11 is 3.14. The van der Waals surface area contributed by atoms with E-state index in [4.69, 9.17) is 10.8 Å². The van der Waals surface area contributed by atoms with Gasteiger partial charge in [-0.3, -0.25) is 4.72 Å². The lowest BCUT2D eigenvalue weighted by molar-refractivity contribution is 0.0697. The number of nitrogens with zero attached hydrogens (tertiary/aromatic N) is 1. The Morgan fingerprint density at radius 3 is 2.52 bits per heavy atom. The third-order valence-corrected chi connectivity index (χ3v) is 4.45. The lowest BCUT2D eigenvalue weighted by Gasteiger charge is -2.10. The molecule has 0 saturated carbocycles. The molecule has 7 nitrogen and oxygen atoms in total. The van der Waals surface area contributed by atoms with E-state index in [1.165, 1.54) is 18.3 Å². The van der Waals surface area contributed by atoms with Crippen molar-refractivity contribution in [3.63, 3.8) is 0 Å². The Morgan fingerprint density at radius 1 is 1.29 bits per heavy atom. The molecule has 0 fully saturated rings. The van der Waals surface area contributed by atoms with Gasteiger partial charge in [0, 0.05) is 0 Å². The first-order valence-corrected chi connectivity index (χ1v) is 7.84. The maximum absolute atomic E-state index is 12.2. The van der Waals surface area contributed by atoms with Crippen LogP contribution in [0.5, 0.6) is 0 Å². The van der Waals surface area contributed by atoms with Gasteiger partial charge in [0.2, 0.25) is 0 Å². The highest BCUT2D eigenvalue weighted by Crippen LogP contribution is 2.23. The average molecular weight is 372 g/mol. The molecule has 1 aromatic heterocycles. The summed E-state index contributed by atoms with van der Waals surface area (Å²) < 4.78 is 27.3. The number of carboxylic acids is 1. The molecule has 0 saturated heterocycles. The SMILES string of the molecule is Nc1cc(C(=O)O)ccc1S(=O)(=O)Nc1ccc(Br)nc1. The number of hydrogen-bond acceptors (Lipinski definition) is 5. The summed E-state index contributed by atoms with van der Waals surface area (Å²) in [5, 5.41) is 8.83. The predicted molar refractivity (Wildman–Crippen MR) is 80.6 cm³/mol. The third kappa shape index (κ3) is 3.50. The minimum Gasteiger partial charge on any atom is -0.478 e. The van der Waals surface area contributed by atoms with Gasteiger partial charge in [0.1, 0.15) is 9.50 Å². The monoisotopic (exact) mass is 371 g/mol. The van der Waals surface area contributed by atoms with Crippen molar-refractivity contribution in [1.29, 1.82) is 0 Å². The Labute approximate surface area is 129 Å². The first kappa shape index (κ1) is 15.3. The van der Waals surface area contributed by atoms with E-state index >= 15 is 0 Å². The van der Waals surface area contributed by atoms with Gasteiger partial charge < -0.3 is 10.8 Å². The van der Waals surface area contributed by atoms with Crippen molar-refractivity contribution in [3.8, 4) is 0 Å². The molecule has 0 atom stereocenters. The van der Waals surface area contributed by atoms with E-state index in [9.17, 15) is 13.2 Å². The topological polar surface area (TPSA) is 122 Å². The molecule has 0 spiro atoms. The van der Waals surface area contributed by atoms with Crippen molar-refractivity contribution in [3.05, 3.63) is 46.7 Å². The molecule has 0 bridgehead atoms. The van der Waals surface area contributed by atoms with Crippen LogP contribution < -0.4 is 10.5 Å². The largest absolute Gasteiger partial charge is 0.478 e. The lowest BCUT2D eigenvalue weighted by Crippen LogP contribution is -2.15. The minimum atomic E-state index is -3.92. The van der Waals surface area contributed by atoms with Crippen LogP contribution in [0.25, 0.3) is 0 Å². The van der Waals surface area contributed by atoms with Gasteiger partial charge in [-0.25, -0.2) is 18.2 Å². The van der Waals surface area contributed by atoms with Crippen molar-refractivity contribution in [2.45, 2.75) is 4.90 Å². The highest BCUT2D eigenvalue weighted by atomic mass is 79.9. The number of aromatic nitrogens is 1. The van der Waals surface area contributed by atoms with Gasteiger partial charge in [-0.05, 0) is 46.3 Å². The summed E-state index contributed by atoms with van der Waals surface area (Å²) in [7, 11) is -3.92. The van der Waals surface area contributed by atoms with Crippen LogP contribution >= 0.6 is 15.9 Å². The molecule has 21 heavy (non-hydrogen) atoms. The maximum Gasteiger partial charge on any atom is 0.335 e. The van der Waals surface area contributed by atoms with Crippen LogP contribution in [0.1, 0.15) is 10.4 Å². The number of carboxylic acid groups (broad SMARTS) is 1. The molecule has 1 heterocycles. The second-order valence-electron chi connectivity index (χ2n) is 4.03. The van der Waals surface area contributed by atoms with Crippen molar-refractivity contribution in [2.24, 2.45) is 0 Å². The van der Waals surface area contributed by atoms with Crippen LogP contribution in [0.3, 0.4) is 0 Å².